The van der Waals surface area contributed by atoms with Crippen molar-refractivity contribution in [2.75, 3.05) is 40.1 Å². The second kappa shape index (κ2) is 8.48. The molecule has 0 N–H and O–H groups in total. The molecule has 0 aliphatic carbocycles. The molecule has 0 bridgehead atoms. The molecular weight excluding hydrogens is 312 g/mol. The number of aromatic nitrogens is 1. The Balaban J connectivity index is 1.52. The first-order chi connectivity index (χ1) is 11.8. The minimum atomic E-state index is 0.158. The Morgan fingerprint density at radius 2 is 2.17 bits per heavy atom. The molecule has 0 spiro atoms. The predicted molar refractivity (Wildman–Crippen MR) is 85.9 cm³/mol. The molecule has 24 heavy (non-hydrogen) atoms. The SMILES string of the molecule is COc1cc(CCC(=O)N2CCOCC2CC2CCOCC2)on1. The molecule has 3 heterocycles. The van der Waals surface area contributed by atoms with Gasteiger partial charge >= 0.3 is 0 Å². The number of amides is 1. The van der Waals surface area contributed by atoms with Crippen molar-refractivity contribution in [1.82, 2.24) is 10.1 Å². The number of methoxy groups -OCH3 is 1. The van der Waals surface area contributed by atoms with Crippen molar-refractivity contribution in [2.45, 2.75) is 38.1 Å². The van der Waals surface area contributed by atoms with Crippen LogP contribution in [0, 0.1) is 5.92 Å². The monoisotopic (exact) mass is 338 g/mol. The first-order valence-electron chi connectivity index (χ1n) is 8.71. The minimum Gasteiger partial charge on any atom is -0.479 e. The maximum absolute atomic E-state index is 12.7. The van der Waals surface area contributed by atoms with Gasteiger partial charge in [0.05, 0.1) is 26.4 Å². The third-order valence-electron chi connectivity index (χ3n) is 4.83. The Morgan fingerprint density at radius 3 is 2.92 bits per heavy atom. The molecule has 134 valence electrons. The van der Waals surface area contributed by atoms with Gasteiger partial charge in [-0.05, 0) is 30.3 Å². The van der Waals surface area contributed by atoms with Crippen LogP contribution in [0.4, 0.5) is 0 Å². The average molecular weight is 338 g/mol. The van der Waals surface area contributed by atoms with Crippen molar-refractivity contribution in [2.24, 2.45) is 5.92 Å². The van der Waals surface area contributed by atoms with E-state index in [1.54, 1.807) is 13.2 Å². The molecule has 1 aromatic heterocycles. The molecule has 0 radical (unpaired) electrons. The van der Waals surface area contributed by atoms with E-state index in [4.69, 9.17) is 18.7 Å². The van der Waals surface area contributed by atoms with Gasteiger partial charge in [0.15, 0.2) is 0 Å². The lowest BCUT2D eigenvalue weighted by Crippen LogP contribution is -2.49. The molecular formula is C17H26N2O5. The summed E-state index contributed by atoms with van der Waals surface area (Å²) in [6.07, 6.45) is 4.12. The van der Waals surface area contributed by atoms with E-state index < -0.39 is 0 Å². The highest BCUT2D eigenvalue weighted by Crippen LogP contribution is 2.24. The summed E-state index contributed by atoms with van der Waals surface area (Å²) in [5.74, 6) is 1.90. The lowest BCUT2D eigenvalue weighted by atomic mass is 9.91. The fraction of sp³-hybridized carbons (Fsp3) is 0.765. The number of carbonyl (C=O) groups excluding carboxylic acids is 1. The zero-order valence-electron chi connectivity index (χ0n) is 14.2. The highest BCUT2D eigenvalue weighted by atomic mass is 16.5. The number of morpholine rings is 1. The van der Waals surface area contributed by atoms with Crippen molar-refractivity contribution in [1.29, 1.82) is 0 Å². The molecule has 7 heteroatoms. The maximum atomic E-state index is 12.7. The average Bonchev–Trinajstić information content (AvgIpc) is 3.09. The van der Waals surface area contributed by atoms with E-state index in [-0.39, 0.29) is 11.9 Å². The van der Waals surface area contributed by atoms with E-state index in [2.05, 4.69) is 5.16 Å². The van der Waals surface area contributed by atoms with Gasteiger partial charge in [-0.1, -0.05) is 0 Å². The van der Waals surface area contributed by atoms with Crippen molar-refractivity contribution in [3.05, 3.63) is 11.8 Å². The van der Waals surface area contributed by atoms with Crippen LogP contribution in [0.25, 0.3) is 0 Å². The quantitative estimate of drug-likeness (QED) is 0.785. The molecule has 2 saturated heterocycles. The van der Waals surface area contributed by atoms with Gasteiger partial charge in [0.1, 0.15) is 5.76 Å². The van der Waals surface area contributed by atoms with E-state index in [0.29, 0.717) is 50.2 Å². The molecule has 7 nitrogen and oxygen atoms in total. The molecule has 1 unspecified atom stereocenters. The van der Waals surface area contributed by atoms with Gasteiger partial charge in [0.25, 0.3) is 5.88 Å². The number of hydrogen-bond acceptors (Lipinski definition) is 6. The fourth-order valence-corrected chi connectivity index (χ4v) is 3.43. The van der Waals surface area contributed by atoms with Crippen molar-refractivity contribution >= 4 is 5.91 Å². The standard InChI is InChI=1S/C17H26N2O5/c1-21-16-11-15(24-18-16)2-3-17(20)19-6-9-23-12-14(19)10-13-4-7-22-8-5-13/h11,13-14H,2-10,12H2,1H3. The molecule has 0 aromatic carbocycles. The number of aryl methyl sites for hydroxylation is 1. The van der Waals surface area contributed by atoms with E-state index in [1.807, 2.05) is 4.90 Å². The van der Waals surface area contributed by atoms with Crippen LogP contribution in [0.15, 0.2) is 10.6 Å². The highest BCUT2D eigenvalue weighted by Gasteiger charge is 2.30. The summed E-state index contributed by atoms with van der Waals surface area (Å²) in [6, 6.07) is 1.91. The Labute approximate surface area is 142 Å². The normalized spacial score (nSPS) is 22.5. The van der Waals surface area contributed by atoms with Gasteiger partial charge in [-0.2, -0.15) is 0 Å². The number of ether oxygens (including phenoxy) is 3. The lowest BCUT2D eigenvalue weighted by Gasteiger charge is -2.38. The summed E-state index contributed by atoms with van der Waals surface area (Å²) in [5.41, 5.74) is 0. The smallest absolute Gasteiger partial charge is 0.254 e. The van der Waals surface area contributed by atoms with Gasteiger partial charge < -0.3 is 23.6 Å². The third kappa shape index (κ3) is 4.48. The largest absolute Gasteiger partial charge is 0.479 e. The summed E-state index contributed by atoms with van der Waals surface area (Å²) in [4.78, 5) is 14.6. The molecule has 2 aliphatic rings. The molecule has 2 fully saturated rings. The minimum absolute atomic E-state index is 0.158. The summed E-state index contributed by atoms with van der Waals surface area (Å²) in [6.45, 7) is 3.59. The van der Waals surface area contributed by atoms with Gasteiger partial charge in [-0.15, -0.1) is 0 Å². The third-order valence-corrected chi connectivity index (χ3v) is 4.83. The number of nitrogens with zero attached hydrogens (tertiary/aromatic N) is 2. The van der Waals surface area contributed by atoms with Crippen LogP contribution < -0.4 is 4.74 Å². The second-order valence-corrected chi connectivity index (χ2v) is 6.44. The summed E-state index contributed by atoms with van der Waals surface area (Å²) < 4.78 is 21.2. The number of carbonyl (C=O) groups is 1. The van der Waals surface area contributed by atoms with Crippen LogP contribution in [-0.4, -0.2) is 62.1 Å². The summed E-state index contributed by atoms with van der Waals surface area (Å²) >= 11 is 0. The molecule has 1 aromatic rings. The molecule has 1 amide bonds. The zero-order chi connectivity index (χ0) is 16.8. The maximum Gasteiger partial charge on any atom is 0.254 e. The van der Waals surface area contributed by atoms with Gasteiger partial charge in [0.2, 0.25) is 5.91 Å². The summed E-state index contributed by atoms with van der Waals surface area (Å²) in [7, 11) is 1.54. The summed E-state index contributed by atoms with van der Waals surface area (Å²) in [5, 5.41) is 3.76. The van der Waals surface area contributed by atoms with Crippen LogP contribution in [0.3, 0.4) is 0 Å². The first kappa shape index (κ1) is 17.2. The van der Waals surface area contributed by atoms with Crippen molar-refractivity contribution in [3.63, 3.8) is 0 Å². The van der Waals surface area contributed by atoms with E-state index in [1.165, 1.54) is 0 Å². The molecule has 3 rings (SSSR count). The Kier molecular flexibility index (Phi) is 6.09. The number of rotatable bonds is 6. The lowest BCUT2D eigenvalue weighted by molar-refractivity contribution is -0.141. The van der Waals surface area contributed by atoms with Crippen LogP contribution >= 0.6 is 0 Å². The van der Waals surface area contributed by atoms with Crippen LogP contribution in [0.2, 0.25) is 0 Å². The Hall–Kier alpha value is -1.60. The Morgan fingerprint density at radius 1 is 1.33 bits per heavy atom. The van der Waals surface area contributed by atoms with Gasteiger partial charge in [-0.3, -0.25) is 4.79 Å². The van der Waals surface area contributed by atoms with Crippen LogP contribution in [0.5, 0.6) is 5.88 Å². The van der Waals surface area contributed by atoms with Gasteiger partial charge in [0, 0.05) is 38.7 Å². The highest BCUT2D eigenvalue weighted by molar-refractivity contribution is 5.76. The first-order valence-corrected chi connectivity index (χ1v) is 8.71. The second-order valence-electron chi connectivity index (χ2n) is 6.44. The van der Waals surface area contributed by atoms with E-state index >= 15 is 0 Å². The fourth-order valence-electron chi connectivity index (χ4n) is 3.43. The van der Waals surface area contributed by atoms with Gasteiger partial charge in [-0.25, -0.2) is 0 Å². The molecule has 2 aliphatic heterocycles. The zero-order valence-corrected chi connectivity index (χ0v) is 14.2. The van der Waals surface area contributed by atoms with E-state index in [0.717, 1.165) is 32.5 Å². The van der Waals surface area contributed by atoms with E-state index in [9.17, 15) is 4.79 Å². The van der Waals surface area contributed by atoms with Crippen molar-refractivity contribution in [3.8, 4) is 5.88 Å². The van der Waals surface area contributed by atoms with Crippen LogP contribution in [0.1, 0.15) is 31.4 Å². The molecule has 0 saturated carbocycles. The topological polar surface area (TPSA) is 74.0 Å². The van der Waals surface area contributed by atoms with Crippen molar-refractivity contribution < 1.29 is 23.5 Å². The number of hydrogen-bond donors (Lipinski definition) is 0. The Bertz CT molecular complexity index is 527. The molecule has 1 atom stereocenters. The predicted octanol–water partition coefficient (Wildman–Crippen LogP) is 1.66. The van der Waals surface area contributed by atoms with Crippen LogP contribution in [-0.2, 0) is 20.7 Å².